The highest BCUT2D eigenvalue weighted by Gasteiger charge is 2.21. The van der Waals surface area contributed by atoms with Gasteiger partial charge in [-0.2, -0.15) is 0 Å². The lowest BCUT2D eigenvalue weighted by Crippen LogP contribution is -2.27. The van der Waals surface area contributed by atoms with Gasteiger partial charge in [-0.1, -0.05) is 0 Å². The molecule has 0 bridgehead atoms. The Morgan fingerprint density at radius 1 is 1.59 bits per heavy atom. The molecule has 1 aromatic carbocycles. The zero-order chi connectivity index (χ0) is 13.0. The maximum atomic E-state index is 13.4. The molecule has 0 aliphatic rings. The van der Waals surface area contributed by atoms with Crippen LogP contribution < -0.4 is 4.90 Å². The van der Waals surface area contributed by atoms with Gasteiger partial charge in [-0.15, -0.1) is 0 Å². The van der Waals surface area contributed by atoms with Crippen molar-refractivity contribution in [3.8, 4) is 0 Å². The maximum Gasteiger partial charge on any atom is 0.293 e. The molecule has 0 amide bonds. The smallest absolute Gasteiger partial charge is 0.293 e. The summed E-state index contributed by atoms with van der Waals surface area (Å²) in [5.74, 6) is -0.498. The summed E-state index contributed by atoms with van der Waals surface area (Å²) >= 11 is 1.71. The fourth-order valence-corrected chi connectivity index (χ4v) is 1.95. The van der Waals surface area contributed by atoms with E-state index in [-0.39, 0.29) is 28.1 Å². The highest BCUT2D eigenvalue weighted by Crippen LogP contribution is 2.31. The van der Waals surface area contributed by atoms with Gasteiger partial charge >= 0.3 is 0 Å². The Kier molecular flexibility index (Phi) is 5.06. The molecule has 0 unspecified atom stereocenters. The monoisotopic (exact) mass is 354 g/mol. The molecule has 1 aromatic rings. The van der Waals surface area contributed by atoms with Crippen molar-refractivity contribution in [1.29, 1.82) is 0 Å². The van der Waals surface area contributed by atoms with Crippen molar-refractivity contribution < 1.29 is 14.4 Å². The lowest BCUT2D eigenvalue weighted by atomic mass is 10.2. The van der Waals surface area contributed by atoms with E-state index in [4.69, 9.17) is 5.11 Å². The normalized spacial score (nSPS) is 10.4. The van der Waals surface area contributed by atoms with Gasteiger partial charge in [0.1, 0.15) is 11.5 Å². The largest absolute Gasteiger partial charge is 0.395 e. The predicted octanol–water partition coefficient (Wildman–Crippen LogP) is 2.16. The van der Waals surface area contributed by atoms with Crippen molar-refractivity contribution in [2.75, 3.05) is 24.6 Å². The van der Waals surface area contributed by atoms with Crippen LogP contribution >= 0.6 is 22.6 Å². The Bertz CT molecular complexity index is 428. The van der Waals surface area contributed by atoms with E-state index in [2.05, 4.69) is 0 Å². The standard InChI is InChI=1S/C10H12FIN2O3/c1-2-13(3-4-15)9-5-7(11)8(12)6-10(9)14(16)17/h5-6,15H,2-4H2,1H3. The Balaban J connectivity index is 3.28. The Morgan fingerprint density at radius 2 is 2.24 bits per heavy atom. The van der Waals surface area contributed by atoms with Crippen molar-refractivity contribution in [3.05, 3.63) is 31.6 Å². The van der Waals surface area contributed by atoms with Crippen LogP contribution in [0.4, 0.5) is 15.8 Å². The van der Waals surface area contributed by atoms with Gasteiger partial charge in [-0.3, -0.25) is 10.1 Å². The molecule has 0 aliphatic heterocycles. The van der Waals surface area contributed by atoms with Gasteiger partial charge in [-0.25, -0.2) is 4.39 Å². The van der Waals surface area contributed by atoms with Gasteiger partial charge in [0.05, 0.1) is 15.1 Å². The van der Waals surface area contributed by atoms with E-state index in [0.29, 0.717) is 6.54 Å². The quantitative estimate of drug-likeness (QED) is 0.500. The van der Waals surface area contributed by atoms with Crippen LogP contribution in [0.15, 0.2) is 12.1 Å². The van der Waals surface area contributed by atoms with E-state index < -0.39 is 10.7 Å². The number of hydrogen-bond donors (Lipinski definition) is 1. The lowest BCUT2D eigenvalue weighted by Gasteiger charge is -2.21. The van der Waals surface area contributed by atoms with Gasteiger partial charge in [0.25, 0.3) is 5.69 Å². The summed E-state index contributed by atoms with van der Waals surface area (Å²) in [6, 6.07) is 2.34. The van der Waals surface area contributed by atoms with Crippen LogP contribution in [-0.4, -0.2) is 29.7 Å². The van der Waals surface area contributed by atoms with Gasteiger partial charge in [-0.05, 0) is 29.5 Å². The molecule has 1 rings (SSSR count). The van der Waals surface area contributed by atoms with E-state index in [1.54, 1.807) is 34.4 Å². The lowest BCUT2D eigenvalue weighted by molar-refractivity contribution is -0.384. The zero-order valence-corrected chi connectivity index (χ0v) is 11.3. The molecule has 0 atom stereocenters. The molecule has 94 valence electrons. The number of rotatable bonds is 5. The second-order valence-electron chi connectivity index (χ2n) is 3.32. The first-order chi connectivity index (χ1) is 8.01. The number of benzene rings is 1. The van der Waals surface area contributed by atoms with E-state index in [1.165, 1.54) is 6.07 Å². The fourth-order valence-electron chi connectivity index (χ4n) is 1.49. The van der Waals surface area contributed by atoms with Gasteiger partial charge in [0, 0.05) is 25.2 Å². The summed E-state index contributed by atoms with van der Waals surface area (Å²) in [4.78, 5) is 11.9. The number of anilines is 1. The minimum Gasteiger partial charge on any atom is -0.395 e. The van der Waals surface area contributed by atoms with Crippen molar-refractivity contribution in [1.82, 2.24) is 0 Å². The number of nitro groups is 1. The minimum absolute atomic E-state index is 0.140. The average Bonchev–Trinajstić information content (AvgIpc) is 2.29. The van der Waals surface area contributed by atoms with Crippen molar-refractivity contribution in [2.24, 2.45) is 0 Å². The topological polar surface area (TPSA) is 66.6 Å². The van der Waals surface area contributed by atoms with E-state index in [0.717, 1.165) is 6.07 Å². The number of aliphatic hydroxyl groups is 1. The average molecular weight is 354 g/mol. The zero-order valence-electron chi connectivity index (χ0n) is 9.19. The van der Waals surface area contributed by atoms with Crippen molar-refractivity contribution >= 4 is 34.0 Å². The second kappa shape index (κ2) is 6.10. The van der Waals surface area contributed by atoms with Crippen LogP contribution in [0.5, 0.6) is 0 Å². The predicted molar refractivity (Wildman–Crippen MR) is 70.7 cm³/mol. The first kappa shape index (κ1) is 14.1. The molecule has 0 spiro atoms. The van der Waals surface area contributed by atoms with Gasteiger partial charge in [0.15, 0.2) is 0 Å². The Labute approximate surface area is 112 Å². The Hall–Kier alpha value is -0.960. The Morgan fingerprint density at radius 3 is 2.71 bits per heavy atom. The third-order valence-electron chi connectivity index (χ3n) is 2.31. The molecule has 0 aromatic heterocycles. The summed E-state index contributed by atoms with van der Waals surface area (Å²) < 4.78 is 13.6. The summed E-state index contributed by atoms with van der Waals surface area (Å²) in [5.41, 5.74) is 0.0515. The number of halogens is 2. The van der Waals surface area contributed by atoms with Crippen LogP contribution in [0, 0.1) is 19.5 Å². The summed E-state index contributed by atoms with van der Waals surface area (Å²) in [6.45, 7) is 2.34. The number of aliphatic hydroxyl groups excluding tert-OH is 1. The first-order valence-corrected chi connectivity index (χ1v) is 6.08. The van der Waals surface area contributed by atoms with Gasteiger partial charge in [0.2, 0.25) is 0 Å². The summed E-state index contributed by atoms with van der Waals surface area (Å²) in [6.07, 6.45) is 0. The van der Waals surface area contributed by atoms with E-state index in [9.17, 15) is 14.5 Å². The van der Waals surface area contributed by atoms with Crippen LogP contribution in [0.25, 0.3) is 0 Å². The van der Waals surface area contributed by atoms with Crippen molar-refractivity contribution in [2.45, 2.75) is 6.92 Å². The van der Waals surface area contributed by atoms with Crippen LogP contribution in [0.1, 0.15) is 6.92 Å². The molecule has 17 heavy (non-hydrogen) atoms. The third kappa shape index (κ3) is 3.25. The molecule has 7 heteroatoms. The second-order valence-corrected chi connectivity index (χ2v) is 4.48. The summed E-state index contributed by atoms with van der Waals surface area (Å²) in [7, 11) is 0. The molecule has 0 radical (unpaired) electrons. The van der Waals surface area contributed by atoms with Crippen molar-refractivity contribution in [3.63, 3.8) is 0 Å². The molecular formula is C10H12FIN2O3. The highest BCUT2D eigenvalue weighted by molar-refractivity contribution is 14.1. The number of hydrogen-bond acceptors (Lipinski definition) is 4. The van der Waals surface area contributed by atoms with Crippen LogP contribution in [0.3, 0.4) is 0 Å². The molecule has 0 saturated heterocycles. The summed E-state index contributed by atoms with van der Waals surface area (Å²) in [5, 5.41) is 19.8. The molecule has 0 aliphatic carbocycles. The highest BCUT2D eigenvalue weighted by atomic mass is 127. The van der Waals surface area contributed by atoms with E-state index >= 15 is 0 Å². The fraction of sp³-hybridized carbons (Fsp3) is 0.400. The molecule has 0 fully saturated rings. The number of nitrogens with zero attached hydrogens (tertiary/aromatic N) is 2. The molecule has 0 saturated carbocycles. The van der Waals surface area contributed by atoms with E-state index in [1.807, 2.05) is 0 Å². The minimum atomic E-state index is -0.545. The third-order valence-corrected chi connectivity index (χ3v) is 3.13. The molecule has 0 heterocycles. The molecule has 5 nitrogen and oxygen atoms in total. The molecule has 1 N–H and O–H groups in total. The van der Waals surface area contributed by atoms with Gasteiger partial charge < -0.3 is 10.0 Å². The number of likely N-dealkylation sites (N-methyl/N-ethyl adjacent to an activating group) is 1. The SMILES string of the molecule is CCN(CCO)c1cc(F)c(I)cc1[N+](=O)[O-]. The molecular weight excluding hydrogens is 342 g/mol. The van der Waals surface area contributed by atoms with Crippen LogP contribution in [0.2, 0.25) is 0 Å². The first-order valence-electron chi connectivity index (χ1n) is 5.00. The number of nitro benzene ring substituents is 1. The maximum absolute atomic E-state index is 13.4. The van der Waals surface area contributed by atoms with Crippen LogP contribution in [-0.2, 0) is 0 Å².